The maximum absolute atomic E-state index is 11.4. The topological polar surface area (TPSA) is 115 Å². The van der Waals surface area contributed by atoms with Crippen molar-refractivity contribution >= 4 is 37.3 Å². The number of nitrogens with two attached hydrogens (primary N) is 1. The maximum Gasteiger partial charge on any atom is 0.272 e. The van der Waals surface area contributed by atoms with Crippen LogP contribution in [0, 0.1) is 10.1 Å². The Hall–Kier alpha value is -1.97. The monoisotopic (exact) mass is 385 g/mol. The maximum atomic E-state index is 11.4. The van der Waals surface area contributed by atoms with E-state index in [4.69, 9.17) is 5.14 Å². The van der Waals surface area contributed by atoms with Crippen LogP contribution < -0.4 is 10.5 Å². The molecule has 9 heteroatoms. The van der Waals surface area contributed by atoms with E-state index in [0.717, 1.165) is 16.1 Å². The Morgan fingerprint density at radius 3 is 2.36 bits per heavy atom. The number of hydrogen-bond acceptors (Lipinski definition) is 5. The summed E-state index contributed by atoms with van der Waals surface area (Å²) >= 11 is 3.32. The molecular weight excluding hydrogens is 374 g/mol. The van der Waals surface area contributed by atoms with Crippen LogP contribution in [0.2, 0.25) is 0 Å². The lowest BCUT2D eigenvalue weighted by Gasteiger charge is -2.08. The van der Waals surface area contributed by atoms with E-state index in [1.807, 2.05) is 24.3 Å². The van der Waals surface area contributed by atoms with Crippen LogP contribution in [-0.4, -0.2) is 13.3 Å². The summed E-state index contributed by atoms with van der Waals surface area (Å²) in [4.78, 5) is 9.91. The first-order chi connectivity index (χ1) is 10.3. The third-order valence-corrected chi connectivity index (χ3v) is 4.26. The number of rotatable bonds is 5. The Morgan fingerprint density at radius 1 is 1.18 bits per heavy atom. The van der Waals surface area contributed by atoms with Crippen LogP contribution in [0.25, 0.3) is 0 Å². The highest BCUT2D eigenvalue weighted by Crippen LogP contribution is 2.24. The molecule has 2 rings (SSSR count). The van der Waals surface area contributed by atoms with Gasteiger partial charge in [-0.25, -0.2) is 13.6 Å². The molecule has 0 radical (unpaired) electrons. The van der Waals surface area contributed by atoms with Gasteiger partial charge in [-0.2, -0.15) is 0 Å². The first-order valence-corrected chi connectivity index (χ1v) is 8.40. The van der Waals surface area contributed by atoms with E-state index >= 15 is 0 Å². The summed E-state index contributed by atoms with van der Waals surface area (Å²) in [5.74, 6) is 0. The number of non-ortho nitro benzene ring substituents is 1. The van der Waals surface area contributed by atoms with Gasteiger partial charge in [0.25, 0.3) is 5.69 Å². The second kappa shape index (κ2) is 6.42. The third-order valence-electron chi connectivity index (χ3n) is 2.84. The van der Waals surface area contributed by atoms with Crippen molar-refractivity contribution in [3.63, 3.8) is 0 Å². The molecule has 0 unspecified atom stereocenters. The number of anilines is 1. The molecule has 2 aromatic carbocycles. The van der Waals surface area contributed by atoms with Crippen molar-refractivity contribution in [2.45, 2.75) is 11.4 Å². The van der Waals surface area contributed by atoms with Crippen molar-refractivity contribution in [3.8, 4) is 0 Å². The minimum absolute atomic E-state index is 0.306. The average molecular weight is 386 g/mol. The lowest BCUT2D eigenvalue weighted by Crippen LogP contribution is -2.13. The van der Waals surface area contributed by atoms with Crippen molar-refractivity contribution in [2.75, 3.05) is 5.32 Å². The van der Waals surface area contributed by atoms with Crippen LogP contribution in [0.4, 0.5) is 11.4 Å². The van der Waals surface area contributed by atoms with Gasteiger partial charge in [0, 0.05) is 28.8 Å². The van der Waals surface area contributed by atoms with Gasteiger partial charge in [-0.1, -0.05) is 28.1 Å². The highest BCUT2D eigenvalue weighted by atomic mass is 79.9. The first-order valence-electron chi connectivity index (χ1n) is 6.06. The normalized spacial score (nSPS) is 11.2. The van der Waals surface area contributed by atoms with E-state index in [1.54, 1.807) is 0 Å². The Labute approximate surface area is 135 Å². The van der Waals surface area contributed by atoms with Crippen LogP contribution in [0.3, 0.4) is 0 Å². The van der Waals surface area contributed by atoms with Crippen LogP contribution in [0.15, 0.2) is 51.8 Å². The lowest BCUT2D eigenvalue weighted by atomic mass is 10.2. The van der Waals surface area contributed by atoms with Gasteiger partial charge in [-0.15, -0.1) is 0 Å². The van der Waals surface area contributed by atoms with Crippen LogP contribution in [0.1, 0.15) is 5.56 Å². The summed E-state index contributed by atoms with van der Waals surface area (Å²) in [6, 6.07) is 10.9. The fourth-order valence-electron chi connectivity index (χ4n) is 1.76. The molecule has 0 aliphatic rings. The van der Waals surface area contributed by atoms with Gasteiger partial charge in [0.15, 0.2) is 0 Å². The van der Waals surface area contributed by atoms with Gasteiger partial charge in [-0.3, -0.25) is 10.1 Å². The van der Waals surface area contributed by atoms with Gasteiger partial charge in [0.05, 0.1) is 9.82 Å². The quantitative estimate of drug-likeness (QED) is 0.606. The number of halogens is 1. The molecular formula is C13H12BrN3O4S. The molecule has 0 saturated carbocycles. The number of hydrogen-bond donors (Lipinski definition) is 2. The smallest absolute Gasteiger partial charge is 0.272 e. The second-order valence-corrected chi connectivity index (χ2v) is 6.97. The number of benzene rings is 2. The molecule has 0 atom stereocenters. The zero-order valence-corrected chi connectivity index (χ0v) is 13.6. The summed E-state index contributed by atoms with van der Waals surface area (Å²) in [6.07, 6.45) is 0. The van der Waals surface area contributed by atoms with E-state index in [-0.39, 0.29) is 10.6 Å². The number of nitrogens with zero attached hydrogens (tertiary/aromatic N) is 1. The summed E-state index contributed by atoms with van der Waals surface area (Å²) in [5.41, 5.74) is 0.901. The summed E-state index contributed by atoms with van der Waals surface area (Å²) in [7, 11) is -4.02. The van der Waals surface area contributed by atoms with Crippen molar-refractivity contribution in [1.82, 2.24) is 0 Å². The predicted octanol–water partition coefficient (Wildman–Crippen LogP) is 2.62. The fourth-order valence-corrected chi connectivity index (χ4v) is 2.60. The van der Waals surface area contributed by atoms with Crippen LogP contribution in [0.5, 0.6) is 0 Å². The van der Waals surface area contributed by atoms with Crippen molar-refractivity contribution in [2.24, 2.45) is 5.14 Å². The summed E-state index contributed by atoms with van der Waals surface area (Å²) in [6.45, 7) is 0.387. The number of nitro groups is 1. The highest BCUT2D eigenvalue weighted by molar-refractivity contribution is 9.10. The molecule has 22 heavy (non-hydrogen) atoms. The van der Waals surface area contributed by atoms with Gasteiger partial charge in [-0.05, 0) is 23.8 Å². The number of nitrogens with one attached hydrogen (secondary N) is 1. The predicted molar refractivity (Wildman–Crippen MR) is 85.9 cm³/mol. The Bertz CT molecular complexity index is 807. The van der Waals surface area contributed by atoms with Crippen molar-refractivity contribution < 1.29 is 13.3 Å². The SMILES string of the molecule is NS(=O)(=O)c1cc(NCc2ccc(Br)cc2)cc([N+](=O)[O-])c1. The van der Waals surface area contributed by atoms with Gasteiger partial charge >= 0.3 is 0 Å². The molecule has 0 amide bonds. The Kier molecular flexibility index (Phi) is 4.79. The summed E-state index contributed by atoms with van der Waals surface area (Å²) < 4.78 is 23.7. The van der Waals surface area contributed by atoms with E-state index in [1.165, 1.54) is 12.1 Å². The summed E-state index contributed by atoms with van der Waals surface area (Å²) in [5, 5.41) is 18.9. The third kappa shape index (κ3) is 4.26. The number of sulfonamides is 1. The molecule has 0 aliphatic carbocycles. The van der Waals surface area contributed by atoms with Gasteiger partial charge in [0.2, 0.25) is 10.0 Å². The van der Waals surface area contributed by atoms with E-state index < -0.39 is 14.9 Å². The van der Waals surface area contributed by atoms with Crippen LogP contribution >= 0.6 is 15.9 Å². The molecule has 0 heterocycles. The average Bonchev–Trinajstić information content (AvgIpc) is 2.45. The molecule has 3 N–H and O–H groups in total. The molecule has 7 nitrogen and oxygen atoms in total. The lowest BCUT2D eigenvalue weighted by molar-refractivity contribution is -0.385. The highest BCUT2D eigenvalue weighted by Gasteiger charge is 2.16. The molecule has 0 aromatic heterocycles. The molecule has 0 spiro atoms. The minimum atomic E-state index is -4.02. The zero-order valence-electron chi connectivity index (χ0n) is 11.2. The standard InChI is InChI=1S/C13H12BrN3O4S/c14-10-3-1-9(2-4-10)8-16-11-5-12(17(18)19)7-13(6-11)22(15,20)21/h1-7,16H,8H2,(H2,15,20,21). The van der Waals surface area contributed by atoms with E-state index in [9.17, 15) is 18.5 Å². The Morgan fingerprint density at radius 2 is 1.82 bits per heavy atom. The van der Waals surface area contributed by atoms with Crippen molar-refractivity contribution in [1.29, 1.82) is 0 Å². The van der Waals surface area contributed by atoms with Crippen LogP contribution in [-0.2, 0) is 16.6 Å². The number of nitro benzene ring substituents is 1. The first kappa shape index (κ1) is 16.4. The Balaban J connectivity index is 2.28. The van der Waals surface area contributed by atoms with Crippen molar-refractivity contribution in [3.05, 3.63) is 62.6 Å². The molecule has 0 aliphatic heterocycles. The van der Waals surface area contributed by atoms with E-state index in [2.05, 4.69) is 21.2 Å². The molecule has 116 valence electrons. The molecule has 2 aromatic rings. The van der Waals surface area contributed by atoms with E-state index in [0.29, 0.717) is 12.2 Å². The largest absolute Gasteiger partial charge is 0.381 e. The fraction of sp³-hybridized carbons (Fsp3) is 0.0769. The minimum Gasteiger partial charge on any atom is -0.381 e. The zero-order chi connectivity index (χ0) is 16.3. The molecule has 0 bridgehead atoms. The second-order valence-electron chi connectivity index (χ2n) is 4.50. The number of primary sulfonamides is 1. The molecule has 0 saturated heterocycles. The van der Waals surface area contributed by atoms with Gasteiger partial charge < -0.3 is 5.32 Å². The molecule has 0 fully saturated rings. The van der Waals surface area contributed by atoms with Gasteiger partial charge in [0.1, 0.15) is 0 Å².